The van der Waals surface area contributed by atoms with Crippen LogP contribution in [0.25, 0.3) is 11.4 Å². The van der Waals surface area contributed by atoms with Crippen molar-refractivity contribution in [3.63, 3.8) is 0 Å². The van der Waals surface area contributed by atoms with E-state index in [-0.39, 0.29) is 22.8 Å². The Balaban J connectivity index is 1.49. The Labute approximate surface area is 180 Å². The van der Waals surface area contributed by atoms with Gasteiger partial charge in [0.05, 0.1) is 10.6 Å². The molecule has 0 saturated carbocycles. The molecule has 0 saturated heterocycles. The largest absolute Gasteiger partial charge is 0.335 e. The maximum absolute atomic E-state index is 12.6. The number of thioether (sulfide) groups is 1. The van der Waals surface area contributed by atoms with E-state index in [9.17, 15) is 13.2 Å². The predicted octanol–water partition coefficient (Wildman–Crippen LogP) is 2.90. The van der Waals surface area contributed by atoms with Crippen molar-refractivity contribution in [1.29, 1.82) is 0 Å². The Morgan fingerprint density at radius 1 is 1.07 bits per heavy atom. The van der Waals surface area contributed by atoms with Crippen molar-refractivity contribution in [3.05, 3.63) is 58.1 Å². The van der Waals surface area contributed by atoms with Gasteiger partial charge in [-0.3, -0.25) is 4.79 Å². The average Bonchev–Trinajstić information content (AvgIpc) is 3.13. The summed E-state index contributed by atoms with van der Waals surface area (Å²) < 4.78 is 27.3. The van der Waals surface area contributed by atoms with Crippen LogP contribution in [0.1, 0.15) is 10.4 Å². The second-order valence-corrected chi connectivity index (χ2v) is 9.76. The fourth-order valence-corrected chi connectivity index (χ4v) is 5.86. The molecule has 0 unspecified atom stereocenters. The number of sulfonamides is 1. The summed E-state index contributed by atoms with van der Waals surface area (Å²) in [4.78, 5) is 12.5. The van der Waals surface area contributed by atoms with Crippen LogP contribution in [0, 0.1) is 0 Å². The van der Waals surface area contributed by atoms with E-state index in [2.05, 4.69) is 10.2 Å². The quantitative estimate of drug-likeness (QED) is 0.451. The third-order valence-corrected chi connectivity index (χ3v) is 7.59. The van der Waals surface area contributed by atoms with E-state index in [1.54, 1.807) is 30.3 Å². The molecule has 2 N–H and O–H groups in total. The van der Waals surface area contributed by atoms with Gasteiger partial charge in [-0.05, 0) is 30.3 Å². The Morgan fingerprint density at radius 3 is 2.55 bits per heavy atom. The average molecular weight is 470 g/mol. The third-order valence-electron chi connectivity index (χ3n) is 4.27. The molecule has 1 aliphatic rings. The van der Waals surface area contributed by atoms with Gasteiger partial charge in [-0.15, -0.1) is 10.2 Å². The summed E-state index contributed by atoms with van der Waals surface area (Å²) in [5.41, 5.74) is 0.741. The Bertz CT molecular complexity index is 1230. The minimum atomic E-state index is -3.84. The smallest absolute Gasteiger partial charge is 0.269 e. The van der Waals surface area contributed by atoms with Gasteiger partial charge < -0.3 is 5.84 Å². The molecule has 0 spiro atoms. The Kier molecular flexibility index (Phi) is 5.19. The minimum absolute atomic E-state index is 0.0234. The van der Waals surface area contributed by atoms with Crippen molar-refractivity contribution in [3.8, 4) is 11.4 Å². The zero-order valence-corrected chi connectivity index (χ0v) is 17.8. The molecule has 2 heterocycles. The van der Waals surface area contributed by atoms with E-state index in [4.69, 9.17) is 29.0 Å². The normalized spacial score (nSPS) is 15.0. The topological polar surface area (TPSA) is 111 Å². The number of carbonyl (C=O) groups is 1. The Hall–Kier alpha value is -2.27. The highest BCUT2D eigenvalue weighted by Gasteiger charge is 2.40. The summed E-state index contributed by atoms with van der Waals surface area (Å²) in [6, 6.07) is 11.1. The molecular formula is C17H13Cl2N5O3S2. The van der Waals surface area contributed by atoms with Crippen LogP contribution in [-0.4, -0.2) is 45.8 Å². The van der Waals surface area contributed by atoms with Crippen LogP contribution in [0.2, 0.25) is 10.0 Å². The molecule has 3 aromatic rings. The number of nitrogens with two attached hydrogens (primary N) is 1. The summed E-state index contributed by atoms with van der Waals surface area (Å²) in [6.45, 7) is -0.0234. The van der Waals surface area contributed by atoms with Crippen LogP contribution in [0.15, 0.2) is 52.5 Å². The summed E-state index contributed by atoms with van der Waals surface area (Å²) in [7, 11) is -3.84. The van der Waals surface area contributed by atoms with Gasteiger partial charge in [-0.25, -0.2) is 17.4 Å². The number of aromatic nitrogens is 3. The molecule has 12 heteroatoms. The second kappa shape index (κ2) is 7.52. The van der Waals surface area contributed by atoms with Crippen LogP contribution in [0.3, 0.4) is 0 Å². The molecule has 0 bridgehead atoms. The van der Waals surface area contributed by atoms with Crippen LogP contribution >= 0.6 is 35.0 Å². The predicted molar refractivity (Wildman–Crippen MR) is 111 cm³/mol. The first-order valence-electron chi connectivity index (χ1n) is 8.25. The lowest BCUT2D eigenvalue weighted by Crippen LogP contribution is -2.32. The summed E-state index contributed by atoms with van der Waals surface area (Å²) in [6.07, 6.45) is 0. The Morgan fingerprint density at radius 2 is 1.83 bits per heavy atom. The number of hydrogen-bond donors (Lipinski definition) is 1. The van der Waals surface area contributed by atoms with Crippen LogP contribution in [-0.2, 0) is 10.0 Å². The van der Waals surface area contributed by atoms with E-state index < -0.39 is 15.9 Å². The minimum Gasteiger partial charge on any atom is -0.335 e. The molecule has 0 aliphatic carbocycles. The number of nitrogens with zero attached hydrogens (tertiary/aromatic N) is 4. The maximum atomic E-state index is 12.6. The van der Waals surface area contributed by atoms with Crippen molar-refractivity contribution in [2.45, 2.75) is 10.1 Å². The van der Waals surface area contributed by atoms with E-state index in [1.165, 1.54) is 28.6 Å². The molecule has 29 heavy (non-hydrogen) atoms. The van der Waals surface area contributed by atoms with E-state index in [1.807, 2.05) is 0 Å². The van der Waals surface area contributed by atoms with Crippen molar-refractivity contribution in [2.75, 3.05) is 18.1 Å². The first kappa shape index (κ1) is 20.0. The number of halogens is 2. The molecule has 4 rings (SSSR count). The van der Waals surface area contributed by atoms with Crippen LogP contribution in [0.4, 0.5) is 0 Å². The lowest BCUT2D eigenvalue weighted by atomic mass is 10.2. The van der Waals surface area contributed by atoms with Gasteiger partial charge in [-0.2, -0.15) is 0 Å². The zero-order valence-electron chi connectivity index (χ0n) is 14.6. The maximum Gasteiger partial charge on any atom is 0.269 e. The molecule has 1 aromatic heterocycles. The van der Waals surface area contributed by atoms with Crippen LogP contribution < -0.4 is 5.84 Å². The fourth-order valence-electron chi connectivity index (χ4n) is 2.90. The molecule has 2 aromatic carbocycles. The number of hydrogen-bond acceptors (Lipinski definition) is 7. The van der Waals surface area contributed by atoms with Gasteiger partial charge in [0.15, 0.2) is 5.82 Å². The first-order chi connectivity index (χ1) is 13.8. The highest BCUT2D eigenvalue weighted by Crippen LogP contribution is 2.32. The van der Waals surface area contributed by atoms with E-state index >= 15 is 0 Å². The zero-order chi connectivity index (χ0) is 20.8. The van der Waals surface area contributed by atoms with Gasteiger partial charge >= 0.3 is 0 Å². The number of carbonyl (C=O) groups excluding carboxylic acids is 1. The number of amides is 1. The number of fused-ring (bicyclic) bond motifs is 1. The molecule has 1 amide bonds. The van der Waals surface area contributed by atoms with Gasteiger partial charge in [0.1, 0.15) is 4.90 Å². The standard InChI is InChI=1S/C17H13Cl2N5O3S2/c18-10-5-6-11(13(19)9-10)15-21-22-17(24(15)20)28-8-7-23-16(25)12-3-1-2-4-14(12)29(23,26)27/h1-6,9H,7-8,20H2. The lowest BCUT2D eigenvalue weighted by molar-refractivity contribution is 0.0876. The monoisotopic (exact) mass is 469 g/mol. The van der Waals surface area contributed by atoms with Gasteiger partial charge in [0, 0.05) is 22.9 Å². The molecule has 1 aliphatic heterocycles. The summed E-state index contributed by atoms with van der Waals surface area (Å²) in [5, 5.41) is 9.27. The number of nitrogen functional groups attached to an aromatic ring is 1. The van der Waals surface area contributed by atoms with Gasteiger partial charge in [-0.1, -0.05) is 47.1 Å². The SMILES string of the molecule is Nn1c(SCCN2C(=O)c3ccccc3S2(=O)=O)nnc1-c1ccc(Cl)cc1Cl. The summed E-state index contributed by atoms with van der Waals surface area (Å²) in [5.74, 6) is 6.12. The van der Waals surface area contributed by atoms with E-state index in [0.29, 0.717) is 26.6 Å². The lowest BCUT2D eigenvalue weighted by Gasteiger charge is -2.14. The third kappa shape index (κ3) is 3.46. The summed E-state index contributed by atoms with van der Waals surface area (Å²) >= 11 is 13.3. The number of rotatable bonds is 5. The fraction of sp³-hybridized carbons (Fsp3) is 0.118. The highest BCUT2D eigenvalue weighted by molar-refractivity contribution is 7.99. The van der Waals surface area contributed by atoms with E-state index in [0.717, 1.165) is 4.31 Å². The second-order valence-electron chi connectivity index (χ2n) is 6.03. The molecule has 0 atom stereocenters. The van der Waals surface area contributed by atoms with Crippen molar-refractivity contribution in [2.24, 2.45) is 0 Å². The molecular weight excluding hydrogens is 457 g/mol. The van der Waals surface area contributed by atoms with Crippen molar-refractivity contribution < 1.29 is 13.2 Å². The molecule has 150 valence electrons. The highest BCUT2D eigenvalue weighted by atomic mass is 35.5. The molecule has 0 radical (unpaired) electrons. The van der Waals surface area contributed by atoms with Gasteiger partial charge in [0.2, 0.25) is 5.16 Å². The van der Waals surface area contributed by atoms with Crippen molar-refractivity contribution >= 4 is 50.9 Å². The van der Waals surface area contributed by atoms with Crippen LogP contribution in [0.5, 0.6) is 0 Å². The van der Waals surface area contributed by atoms with Gasteiger partial charge in [0.25, 0.3) is 15.9 Å². The molecule has 0 fully saturated rings. The molecule has 8 nitrogen and oxygen atoms in total. The first-order valence-corrected chi connectivity index (χ1v) is 11.4. The van der Waals surface area contributed by atoms with Crippen molar-refractivity contribution in [1.82, 2.24) is 19.2 Å². The number of benzene rings is 2.